The van der Waals surface area contributed by atoms with Crippen molar-refractivity contribution >= 4 is 33.1 Å². The molecule has 0 aliphatic heterocycles. The zero-order valence-electron chi connectivity index (χ0n) is 21.5. The summed E-state index contributed by atoms with van der Waals surface area (Å²) in [5.74, 6) is -6.76. The number of fused-ring (bicyclic) bond motifs is 1. The van der Waals surface area contributed by atoms with Crippen LogP contribution in [0.4, 0.5) is 27.6 Å². The lowest BCUT2D eigenvalue weighted by Crippen LogP contribution is -2.22. The van der Waals surface area contributed by atoms with Crippen LogP contribution in [0.15, 0.2) is 66.5 Å². The third-order valence-corrected chi connectivity index (χ3v) is 5.95. The van der Waals surface area contributed by atoms with Gasteiger partial charge in [-0.25, -0.2) is 26.9 Å². The third kappa shape index (κ3) is 9.35. The van der Waals surface area contributed by atoms with Gasteiger partial charge >= 0.3 is 0 Å². The maximum atomic E-state index is 13.7. The van der Waals surface area contributed by atoms with Crippen molar-refractivity contribution in [3.63, 3.8) is 0 Å². The van der Waals surface area contributed by atoms with Crippen LogP contribution in [0.1, 0.15) is 47.5 Å². The lowest BCUT2D eigenvalue weighted by molar-refractivity contribution is -0.113. The predicted octanol–water partition coefficient (Wildman–Crippen LogP) is 8.87. The van der Waals surface area contributed by atoms with Crippen LogP contribution in [0, 0.1) is 0 Å². The number of carbonyl (C=O) groups excluding carboxylic acids is 1. The maximum Gasteiger partial charge on any atom is 0.279 e. The van der Waals surface area contributed by atoms with E-state index in [0.29, 0.717) is 5.69 Å². The fraction of sp³-hybridized carbons (Fsp3) is 0.370. The van der Waals surface area contributed by atoms with Crippen molar-refractivity contribution in [1.29, 1.82) is 0 Å². The molecule has 0 aliphatic rings. The van der Waals surface area contributed by atoms with Gasteiger partial charge in [-0.1, -0.05) is 39.0 Å². The van der Waals surface area contributed by atoms with Crippen LogP contribution in [0.3, 0.4) is 0 Å². The molecule has 0 bridgehead atoms. The van der Waals surface area contributed by atoms with Crippen LogP contribution in [0.2, 0.25) is 0 Å². The molecule has 3 aromatic rings. The molecule has 0 aliphatic carbocycles. The molecule has 4 nitrogen and oxygen atoms in total. The van der Waals surface area contributed by atoms with Gasteiger partial charge in [0.05, 0.1) is 15.9 Å². The average Bonchev–Trinajstić information content (AvgIpc) is 3.29. The molecule has 1 N–H and O–H groups in total. The maximum absolute atomic E-state index is 13.7. The summed E-state index contributed by atoms with van der Waals surface area (Å²) in [7, 11) is 0. The number of amides is 1. The number of para-hydroxylation sites is 1. The van der Waals surface area contributed by atoms with Crippen LogP contribution < -0.4 is 5.32 Å². The normalized spacial score (nSPS) is 11.9. The number of rotatable bonds is 8. The van der Waals surface area contributed by atoms with Gasteiger partial charge in [-0.3, -0.25) is 9.78 Å². The molecule has 3 rings (SSSR count). The SMILES string of the molecule is C=CCC(F)(F)CF.CC.CC/C(=C(\C)C(=O)Nc1ccccc1-c1nc2ccncc2s1)C(C)(F)F. The molecule has 0 spiro atoms. The van der Waals surface area contributed by atoms with Crippen LogP contribution in [-0.2, 0) is 4.79 Å². The van der Waals surface area contributed by atoms with Gasteiger partial charge in [-0.15, -0.1) is 17.9 Å². The zero-order chi connectivity index (χ0) is 28.2. The number of nitrogens with zero attached hydrogens (tertiary/aromatic N) is 2. The van der Waals surface area contributed by atoms with Gasteiger partial charge in [0.2, 0.25) is 0 Å². The highest BCUT2D eigenvalue weighted by atomic mass is 32.1. The number of thiazole rings is 1. The summed E-state index contributed by atoms with van der Waals surface area (Å²) < 4.78 is 63.0. The molecule has 1 amide bonds. The minimum atomic E-state index is -3.19. The quantitative estimate of drug-likeness (QED) is 0.176. The van der Waals surface area contributed by atoms with Gasteiger partial charge in [0, 0.05) is 42.4 Å². The van der Waals surface area contributed by atoms with Crippen molar-refractivity contribution in [2.24, 2.45) is 0 Å². The van der Waals surface area contributed by atoms with E-state index in [4.69, 9.17) is 0 Å². The monoisotopic (exact) mass is 541 g/mol. The molecule has 0 fully saturated rings. The van der Waals surface area contributed by atoms with Gasteiger partial charge < -0.3 is 5.32 Å². The van der Waals surface area contributed by atoms with E-state index in [2.05, 4.69) is 21.9 Å². The summed E-state index contributed by atoms with van der Waals surface area (Å²) in [4.78, 5) is 21.3. The van der Waals surface area contributed by atoms with Crippen LogP contribution >= 0.6 is 11.3 Å². The molecule has 0 unspecified atom stereocenters. The molecular weight excluding hydrogens is 509 g/mol. The summed E-state index contributed by atoms with van der Waals surface area (Å²) in [6.45, 7) is 9.31. The summed E-state index contributed by atoms with van der Waals surface area (Å²) in [5.41, 5.74) is 1.96. The number of aromatic nitrogens is 2. The molecule has 0 radical (unpaired) electrons. The zero-order valence-corrected chi connectivity index (χ0v) is 22.4. The Morgan fingerprint density at radius 1 is 1.16 bits per heavy atom. The minimum absolute atomic E-state index is 0.0355. The van der Waals surface area contributed by atoms with E-state index < -0.39 is 30.8 Å². The Balaban J connectivity index is 0.000000586. The molecule has 2 heterocycles. The van der Waals surface area contributed by atoms with Crippen molar-refractivity contribution in [1.82, 2.24) is 9.97 Å². The number of carbonyl (C=O) groups is 1. The molecule has 1 aromatic carbocycles. The molecule has 202 valence electrons. The van der Waals surface area contributed by atoms with Crippen molar-refractivity contribution < 1.29 is 26.7 Å². The number of pyridine rings is 1. The van der Waals surface area contributed by atoms with Gasteiger partial charge in [0.15, 0.2) is 6.67 Å². The highest BCUT2D eigenvalue weighted by Crippen LogP contribution is 2.35. The largest absolute Gasteiger partial charge is 0.322 e. The Labute approximate surface area is 218 Å². The number of halogens is 5. The highest BCUT2D eigenvalue weighted by Gasteiger charge is 2.30. The predicted molar refractivity (Wildman–Crippen MR) is 142 cm³/mol. The van der Waals surface area contributed by atoms with Gasteiger partial charge in [0.25, 0.3) is 17.8 Å². The second-order valence-electron chi connectivity index (χ2n) is 7.69. The molecule has 2 aromatic heterocycles. The van der Waals surface area contributed by atoms with E-state index in [1.165, 1.54) is 18.3 Å². The van der Waals surface area contributed by atoms with Crippen molar-refractivity contribution in [3.05, 3.63) is 66.5 Å². The number of hydrogen-bond acceptors (Lipinski definition) is 4. The van der Waals surface area contributed by atoms with Gasteiger partial charge in [0.1, 0.15) is 5.01 Å². The number of anilines is 1. The summed E-state index contributed by atoms with van der Waals surface area (Å²) >= 11 is 1.46. The fourth-order valence-corrected chi connectivity index (χ4v) is 4.17. The third-order valence-electron chi connectivity index (χ3n) is 4.91. The van der Waals surface area contributed by atoms with Crippen LogP contribution in [-0.4, -0.2) is 34.4 Å². The number of allylic oxidation sites excluding steroid dienone is 2. The standard InChI is InChI=1S/C20H19F2N3OS.C5H7F3.C2H6/c1-4-14(20(3,21)22)12(2)18(26)24-15-8-6-5-7-13(15)19-25-16-9-10-23-11-17(16)27-19;1-2-3-5(7,8)4-6;1-2/h5-11H,4H2,1-3H3,(H,24,26);2H,1,3-4H2;1-2H3/b14-12-;;. The lowest BCUT2D eigenvalue weighted by Gasteiger charge is -2.17. The minimum Gasteiger partial charge on any atom is -0.322 e. The Morgan fingerprint density at radius 3 is 2.32 bits per heavy atom. The van der Waals surface area contributed by atoms with E-state index in [-0.39, 0.29) is 17.6 Å². The first kappa shape index (κ1) is 31.9. The first-order valence-corrected chi connectivity index (χ1v) is 12.5. The first-order chi connectivity index (χ1) is 17.4. The van der Waals surface area contributed by atoms with Crippen molar-refractivity contribution in [2.45, 2.75) is 59.3 Å². The van der Waals surface area contributed by atoms with E-state index in [0.717, 1.165) is 33.8 Å². The summed E-state index contributed by atoms with van der Waals surface area (Å²) in [6.07, 6.45) is 3.94. The lowest BCUT2D eigenvalue weighted by atomic mass is 10.0. The Kier molecular flexibility index (Phi) is 12.6. The number of hydrogen-bond donors (Lipinski definition) is 1. The molecule has 0 atom stereocenters. The average molecular weight is 542 g/mol. The van der Waals surface area contributed by atoms with Crippen LogP contribution in [0.5, 0.6) is 0 Å². The summed E-state index contributed by atoms with van der Waals surface area (Å²) in [6, 6.07) is 9.02. The van der Waals surface area contributed by atoms with Crippen LogP contribution in [0.25, 0.3) is 20.8 Å². The number of nitrogens with one attached hydrogen (secondary N) is 1. The van der Waals surface area contributed by atoms with E-state index in [1.54, 1.807) is 31.5 Å². The smallest absolute Gasteiger partial charge is 0.279 e. The Morgan fingerprint density at radius 2 is 1.81 bits per heavy atom. The van der Waals surface area contributed by atoms with Gasteiger partial charge in [-0.2, -0.15) is 0 Å². The molecule has 0 saturated carbocycles. The van der Waals surface area contributed by atoms with E-state index in [1.807, 2.05) is 32.0 Å². The number of alkyl halides is 5. The molecular formula is C27H32F5N3OS. The molecule has 0 saturated heterocycles. The van der Waals surface area contributed by atoms with Crippen molar-refractivity contribution in [3.8, 4) is 10.6 Å². The highest BCUT2D eigenvalue weighted by molar-refractivity contribution is 7.21. The Hall–Kier alpha value is -3.14. The van der Waals surface area contributed by atoms with E-state index in [9.17, 15) is 26.7 Å². The summed E-state index contributed by atoms with van der Waals surface area (Å²) in [5, 5.41) is 3.49. The second kappa shape index (κ2) is 14.6. The second-order valence-corrected chi connectivity index (χ2v) is 8.72. The van der Waals surface area contributed by atoms with Gasteiger partial charge in [-0.05, 0) is 31.5 Å². The van der Waals surface area contributed by atoms with Crippen molar-refractivity contribution in [2.75, 3.05) is 12.0 Å². The molecule has 37 heavy (non-hydrogen) atoms. The Bertz CT molecular complexity index is 1170. The molecule has 10 heteroatoms. The van der Waals surface area contributed by atoms with E-state index >= 15 is 0 Å². The fourth-order valence-electron chi connectivity index (χ4n) is 3.20. The number of benzene rings is 1. The topological polar surface area (TPSA) is 54.9 Å². The first-order valence-electron chi connectivity index (χ1n) is 11.7.